The van der Waals surface area contributed by atoms with Gasteiger partial charge in [0, 0.05) is 0 Å². The van der Waals surface area contributed by atoms with Crippen molar-refractivity contribution < 1.29 is 14.3 Å². The number of rotatable bonds is 5. The molecule has 0 N–H and O–H groups in total. The Balaban J connectivity index is 1.43. The second kappa shape index (κ2) is 7.12. The van der Waals surface area contributed by atoms with Gasteiger partial charge in [-0.3, -0.25) is 4.79 Å². The van der Waals surface area contributed by atoms with Crippen molar-refractivity contribution >= 4 is 5.97 Å². The van der Waals surface area contributed by atoms with E-state index in [4.69, 9.17) is 9.47 Å². The highest BCUT2D eigenvalue weighted by Gasteiger charge is 2.26. The molecule has 1 heterocycles. The van der Waals surface area contributed by atoms with Gasteiger partial charge in [-0.15, -0.1) is 0 Å². The van der Waals surface area contributed by atoms with Gasteiger partial charge in [0.15, 0.2) is 0 Å². The number of ether oxygens (including phenoxy) is 2. The Labute approximate surface area is 130 Å². The molecule has 0 amide bonds. The minimum absolute atomic E-state index is 0.150. The third kappa shape index (κ3) is 3.67. The van der Waals surface area contributed by atoms with Gasteiger partial charge in [-0.2, -0.15) is 0 Å². The van der Waals surface area contributed by atoms with E-state index in [0.717, 1.165) is 24.2 Å². The van der Waals surface area contributed by atoms with Crippen LogP contribution >= 0.6 is 0 Å². The molecule has 0 aliphatic carbocycles. The molecule has 0 fully saturated rings. The number of aryl methyl sites for hydroxylation is 1. The lowest BCUT2D eigenvalue weighted by atomic mass is 9.97. The molecular weight excluding hydrogens is 276 g/mol. The molecule has 0 radical (unpaired) electrons. The summed E-state index contributed by atoms with van der Waals surface area (Å²) in [6, 6.07) is 18.1. The maximum absolute atomic E-state index is 12.1. The summed E-state index contributed by atoms with van der Waals surface area (Å²) < 4.78 is 11.0. The zero-order valence-corrected chi connectivity index (χ0v) is 12.5. The fraction of sp³-hybridized carbons (Fsp3) is 0.316. The molecule has 0 bridgehead atoms. The summed E-state index contributed by atoms with van der Waals surface area (Å²) in [7, 11) is 0. The minimum Gasteiger partial charge on any atom is -0.492 e. The second-order valence-electron chi connectivity index (χ2n) is 5.58. The molecule has 0 spiro atoms. The lowest BCUT2D eigenvalue weighted by molar-refractivity contribution is -0.150. The van der Waals surface area contributed by atoms with Crippen molar-refractivity contribution in [1.82, 2.24) is 0 Å². The Bertz CT molecular complexity index is 622. The second-order valence-corrected chi connectivity index (χ2v) is 5.58. The van der Waals surface area contributed by atoms with Gasteiger partial charge in [0.1, 0.15) is 12.4 Å². The van der Waals surface area contributed by atoms with Crippen LogP contribution in [0.1, 0.15) is 17.5 Å². The summed E-state index contributed by atoms with van der Waals surface area (Å²) in [5, 5.41) is 0. The molecule has 1 atom stereocenters. The van der Waals surface area contributed by atoms with E-state index in [1.165, 1.54) is 5.56 Å². The van der Waals surface area contributed by atoms with Crippen molar-refractivity contribution in [2.24, 2.45) is 5.92 Å². The van der Waals surface area contributed by atoms with Crippen LogP contribution in [0.5, 0.6) is 5.75 Å². The van der Waals surface area contributed by atoms with Crippen molar-refractivity contribution in [3.05, 3.63) is 65.7 Å². The first-order chi connectivity index (χ1) is 10.8. The van der Waals surface area contributed by atoms with E-state index in [-0.39, 0.29) is 11.9 Å². The van der Waals surface area contributed by atoms with Crippen molar-refractivity contribution in [2.75, 3.05) is 13.2 Å². The maximum atomic E-state index is 12.1. The van der Waals surface area contributed by atoms with Crippen molar-refractivity contribution in [3.63, 3.8) is 0 Å². The number of benzene rings is 2. The number of carbonyl (C=O) groups excluding carboxylic acids is 1. The molecule has 0 saturated heterocycles. The number of fused-ring (bicyclic) bond motifs is 1. The summed E-state index contributed by atoms with van der Waals surface area (Å²) >= 11 is 0. The highest BCUT2D eigenvalue weighted by Crippen LogP contribution is 2.27. The van der Waals surface area contributed by atoms with Crippen molar-refractivity contribution in [2.45, 2.75) is 19.3 Å². The van der Waals surface area contributed by atoms with Gasteiger partial charge in [-0.1, -0.05) is 48.5 Å². The summed E-state index contributed by atoms with van der Waals surface area (Å²) in [6.07, 6.45) is 2.48. The fourth-order valence-corrected chi connectivity index (χ4v) is 2.69. The maximum Gasteiger partial charge on any atom is 0.312 e. The smallest absolute Gasteiger partial charge is 0.312 e. The van der Waals surface area contributed by atoms with Crippen LogP contribution < -0.4 is 4.74 Å². The van der Waals surface area contributed by atoms with E-state index in [0.29, 0.717) is 19.6 Å². The van der Waals surface area contributed by atoms with Crippen LogP contribution in [-0.4, -0.2) is 19.2 Å². The highest BCUT2D eigenvalue weighted by molar-refractivity contribution is 5.73. The average molecular weight is 296 g/mol. The van der Waals surface area contributed by atoms with Crippen LogP contribution in [0.4, 0.5) is 0 Å². The predicted molar refractivity (Wildman–Crippen MR) is 84.9 cm³/mol. The summed E-state index contributed by atoms with van der Waals surface area (Å²) in [6.45, 7) is 0.875. The van der Waals surface area contributed by atoms with E-state index >= 15 is 0 Å². The SMILES string of the molecule is O=C(OCCCc1ccccc1)C1COc2ccccc2C1. The largest absolute Gasteiger partial charge is 0.492 e. The number of hydrogen-bond acceptors (Lipinski definition) is 3. The molecular formula is C19H20O3. The van der Waals surface area contributed by atoms with Crippen LogP contribution in [0.3, 0.4) is 0 Å². The normalized spacial score (nSPS) is 16.5. The Morgan fingerprint density at radius 3 is 2.73 bits per heavy atom. The number of hydrogen-bond donors (Lipinski definition) is 0. The van der Waals surface area contributed by atoms with Gasteiger partial charge >= 0.3 is 5.97 Å². The van der Waals surface area contributed by atoms with Crippen molar-refractivity contribution in [3.8, 4) is 5.75 Å². The van der Waals surface area contributed by atoms with Gasteiger partial charge in [-0.25, -0.2) is 0 Å². The highest BCUT2D eigenvalue weighted by atomic mass is 16.5. The summed E-state index contributed by atoms with van der Waals surface area (Å²) in [5.74, 6) is 0.546. The lowest BCUT2D eigenvalue weighted by Crippen LogP contribution is -2.30. The fourth-order valence-electron chi connectivity index (χ4n) is 2.69. The monoisotopic (exact) mass is 296 g/mol. The molecule has 114 valence electrons. The van der Waals surface area contributed by atoms with Gasteiger partial charge in [0.05, 0.1) is 12.5 Å². The quantitative estimate of drug-likeness (QED) is 0.626. The molecule has 1 aliphatic rings. The Kier molecular flexibility index (Phi) is 4.74. The third-order valence-corrected chi connectivity index (χ3v) is 3.91. The molecule has 22 heavy (non-hydrogen) atoms. The minimum atomic E-state index is -0.188. The van der Waals surface area contributed by atoms with E-state index in [1.54, 1.807) is 0 Å². The Morgan fingerprint density at radius 2 is 1.86 bits per heavy atom. The van der Waals surface area contributed by atoms with Gasteiger partial charge < -0.3 is 9.47 Å². The molecule has 3 nitrogen and oxygen atoms in total. The lowest BCUT2D eigenvalue weighted by Gasteiger charge is -2.23. The average Bonchev–Trinajstić information content (AvgIpc) is 2.59. The predicted octanol–water partition coefficient (Wildman–Crippen LogP) is 3.41. The van der Waals surface area contributed by atoms with E-state index in [9.17, 15) is 4.79 Å². The molecule has 2 aromatic carbocycles. The van der Waals surface area contributed by atoms with Crippen LogP contribution in [0.25, 0.3) is 0 Å². The van der Waals surface area contributed by atoms with Gasteiger partial charge in [-0.05, 0) is 36.5 Å². The van der Waals surface area contributed by atoms with E-state index in [1.807, 2.05) is 42.5 Å². The van der Waals surface area contributed by atoms with Crippen LogP contribution in [-0.2, 0) is 22.4 Å². The number of esters is 1. The first kappa shape index (κ1) is 14.6. The van der Waals surface area contributed by atoms with Crippen LogP contribution in [0.15, 0.2) is 54.6 Å². The zero-order valence-electron chi connectivity index (χ0n) is 12.5. The van der Waals surface area contributed by atoms with E-state index < -0.39 is 0 Å². The Hall–Kier alpha value is -2.29. The first-order valence-corrected chi connectivity index (χ1v) is 7.74. The molecule has 1 aliphatic heterocycles. The molecule has 0 saturated carbocycles. The topological polar surface area (TPSA) is 35.5 Å². The standard InChI is InChI=1S/C19H20O3/c20-19(21-12-6-9-15-7-2-1-3-8-15)17-13-16-10-4-5-11-18(16)22-14-17/h1-5,7-8,10-11,17H,6,9,12-14H2. The van der Waals surface area contributed by atoms with Crippen LogP contribution in [0.2, 0.25) is 0 Å². The molecule has 0 aromatic heterocycles. The Morgan fingerprint density at radius 1 is 1.09 bits per heavy atom. The number of carbonyl (C=O) groups is 1. The van der Waals surface area contributed by atoms with Gasteiger partial charge in [0.25, 0.3) is 0 Å². The summed E-state index contributed by atoms with van der Waals surface area (Å²) in [4.78, 5) is 12.1. The molecule has 3 rings (SSSR count). The summed E-state index contributed by atoms with van der Waals surface area (Å²) in [5.41, 5.74) is 2.36. The molecule has 2 aromatic rings. The van der Waals surface area contributed by atoms with Crippen molar-refractivity contribution in [1.29, 1.82) is 0 Å². The first-order valence-electron chi connectivity index (χ1n) is 7.74. The third-order valence-electron chi connectivity index (χ3n) is 3.91. The number of para-hydroxylation sites is 1. The zero-order chi connectivity index (χ0) is 15.2. The molecule has 1 unspecified atom stereocenters. The molecule has 3 heteroatoms. The van der Waals surface area contributed by atoms with Gasteiger partial charge in [0.2, 0.25) is 0 Å². The van der Waals surface area contributed by atoms with E-state index in [2.05, 4.69) is 12.1 Å². The van der Waals surface area contributed by atoms with Crippen LogP contribution in [0, 0.1) is 5.92 Å².